The normalized spacial score (nSPS) is 10.6. The minimum absolute atomic E-state index is 0.286. The van der Waals surface area contributed by atoms with Gasteiger partial charge < -0.3 is 10.4 Å². The van der Waals surface area contributed by atoms with Crippen molar-refractivity contribution in [1.82, 2.24) is 20.3 Å². The monoisotopic (exact) mass is 284 g/mol. The van der Waals surface area contributed by atoms with Crippen LogP contribution in [0.3, 0.4) is 0 Å². The number of carboxylic acid groups (broad SMARTS) is 1. The summed E-state index contributed by atoms with van der Waals surface area (Å²) < 4.78 is 0.877. The summed E-state index contributed by atoms with van der Waals surface area (Å²) in [5.41, 5.74) is 1.56. The molecule has 0 unspecified atom stereocenters. The molecule has 2 N–H and O–H groups in total. The summed E-state index contributed by atoms with van der Waals surface area (Å²) in [4.78, 5) is 11.7. The number of amides is 1. The number of nitrogens with zero attached hydrogens (tertiary/aromatic N) is 3. The van der Waals surface area contributed by atoms with Crippen LogP contribution in [0.5, 0.6) is 0 Å². The number of nitrogens with one attached hydrogen (secondary N) is 1. The lowest BCUT2D eigenvalue weighted by atomic mass is 10.3. The molecule has 1 aromatic heterocycles. The van der Waals surface area contributed by atoms with Crippen LogP contribution in [0, 0.1) is 0 Å². The Labute approximate surface area is 99.4 Å². The van der Waals surface area contributed by atoms with E-state index in [2.05, 4.69) is 31.4 Å². The first-order valence-corrected chi connectivity index (χ1v) is 5.42. The Morgan fingerprint density at radius 2 is 2.31 bits per heavy atom. The molecule has 2 rings (SSSR count). The van der Waals surface area contributed by atoms with Crippen molar-refractivity contribution in [2.75, 3.05) is 6.54 Å². The van der Waals surface area contributed by atoms with Gasteiger partial charge in [0.1, 0.15) is 11.0 Å². The van der Waals surface area contributed by atoms with Crippen molar-refractivity contribution in [2.24, 2.45) is 0 Å². The second-order valence-corrected chi connectivity index (χ2v) is 3.99. The number of hydrogen-bond donors (Lipinski definition) is 2. The number of rotatable bonds is 3. The highest BCUT2D eigenvalue weighted by molar-refractivity contribution is 9.10. The largest absolute Gasteiger partial charge is 0.465 e. The highest BCUT2D eigenvalue weighted by Crippen LogP contribution is 2.19. The van der Waals surface area contributed by atoms with Gasteiger partial charge in [-0.25, -0.2) is 4.79 Å². The van der Waals surface area contributed by atoms with E-state index in [4.69, 9.17) is 5.11 Å². The molecule has 84 valence electrons. The first-order valence-electron chi connectivity index (χ1n) is 4.63. The van der Waals surface area contributed by atoms with Crippen LogP contribution in [-0.4, -0.2) is 32.7 Å². The van der Waals surface area contributed by atoms with Crippen LogP contribution < -0.4 is 5.32 Å². The topological polar surface area (TPSA) is 80.0 Å². The Kier molecular flexibility index (Phi) is 3.04. The molecule has 0 saturated heterocycles. The third kappa shape index (κ3) is 2.30. The Morgan fingerprint density at radius 3 is 3.00 bits per heavy atom. The molecule has 6 nitrogen and oxygen atoms in total. The first kappa shape index (κ1) is 10.9. The quantitative estimate of drug-likeness (QED) is 0.894. The Morgan fingerprint density at radius 1 is 1.50 bits per heavy atom. The van der Waals surface area contributed by atoms with Crippen LogP contribution in [0.25, 0.3) is 11.0 Å². The van der Waals surface area contributed by atoms with E-state index < -0.39 is 6.09 Å². The van der Waals surface area contributed by atoms with Gasteiger partial charge in [-0.05, 0) is 28.1 Å². The van der Waals surface area contributed by atoms with Crippen LogP contribution in [0.15, 0.2) is 22.7 Å². The number of aromatic nitrogens is 3. The molecule has 0 radical (unpaired) electrons. The van der Waals surface area contributed by atoms with Crippen molar-refractivity contribution in [2.45, 2.75) is 6.54 Å². The highest BCUT2D eigenvalue weighted by Gasteiger charge is 2.05. The average molecular weight is 285 g/mol. The molecule has 0 spiro atoms. The highest BCUT2D eigenvalue weighted by atomic mass is 79.9. The van der Waals surface area contributed by atoms with Crippen LogP contribution in [-0.2, 0) is 6.54 Å². The second kappa shape index (κ2) is 4.48. The van der Waals surface area contributed by atoms with Crippen molar-refractivity contribution < 1.29 is 9.90 Å². The van der Waals surface area contributed by atoms with Crippen LogP contribution in [0.4, 0.5) is 4.79 Å². The maximum atomic E-state index is 10.2. The number of benzene rings is 1. The fourth-order valence-corrected chi connectivity index (χ4v) is 1.74. The van der Waals surface area contributed by atoms with Gasteiger partial charge in [-0.3, -0.25) is 0 Å². The zero-order valence-electron chi connectivity index (χ0n) is 8.22. The summed E-state index contributed by atoms with van der Waals surface area (Å²) in [6.07, 6.45) is -1.04. The van der Waals surface area contributed by atoms with E-state index in [-0.39, 0.29) is 6.54 Å². The minimum atomic E-state index is -1.04. The van der Waals surface area contributed by atoms with Gasteiger partial charge in [0.15, 0.2) is 0 Å². The minimum Gasteiger partial charge on any atom is -0.465 e. The average Bonchev–Trinajstić information content (AvgIpc) is 2.61. The molecule has 2 aromatic rings. The van der Waals surface area contributed by atoms with Crippen molar-refractivity contribution in [3.63, 3.8) is 0 Å². The molecule has 0 saturated carbocycles. The van der Waals surface area contributed by atoms with E-state index in [1.807, 2.05) is 18.2 Å². The summed E-state index contributed by atoms with van der Waals surface area (Å²) in [5.74, 6) is 0. The van der Waals surface area contributed by atoms with E-state index in [0.29, 0.717) is 6.54 Å². The van der Waals surface area contributed by atoms with E-state index in [1.54, 1.807) is 0 Å². The van der Waals surface area contributed by atoms with Gasteiger partial charge >= 0.3 is 6.09 Å². The molecule has 0 aliphatic carbocycles. The molecule has 7 heteroatoms. The maximum absolute atomic E-state index is 10.2. The number of fused-ring (bicyclic) bond motifs is 1. The third-order valence-corrected chi connectivity index (χ3v) is 2.63. The third-order valence-electron chi connectivity index (χ3n) is 1.99. The zero-order chi connectivity index (χ0) is 11.5. The predicted octanol–water partition coefficient (Wildman–Crippen LogP) is 1.46. The molecule has 1 amide bonds. The van der Waals surface area contributed by atoms with Gasteiger partial charge in [-0.1, -0.05) is 6.07 Å². The maximum Gasteiger partial charge on any atom is 0.404 e. The van der Waals surface area contributed by atoms with Crippen molar-refractivity contribution in [1.29, 1.82) is 0 Å². The number of hydrogen-bond acceptors (Lipinski definition) is 3. The Bertz CT molecular complexity index is 525. The Hall–Kier alpha value is -1.63. The van der Waals surface area contributed by atoms with E-state index in [1.165, 1.54) is 4.80 Å². The number of carbonyl (C=O) groups is 1. The van der Waals surface area contributed by atoms with Gasteiger partial charge in [0.05, 0.1) is 6.54 Å². The predicted molar refractivity (Wildman–Crippen MR) is 61.3 cm³/mol. The standard InChI is InChI=1S/C9H9BrN4O2/c10-6-2-1-3-7-8(6)13-14(12-7)5-4-11-9(15)16/h1-3,11H,4-5H2,(H,15,16). The molecular formula is C9H9BrN4O2. The molecule has 0 fully saturated rings. The van der Waals surface area contributed by atoms with Crippen molar-refractivity contribution in [3.8, 4) is 0 Å². The van der Waals surface area contributed by atoms with Gasteiger partial charge in [0, 0.05) is 11.0 Å². The van der Waals surface area contributed by atoms with Gasteiger partial charge in [0.2, 0.25) is 0 Å². The van der Waals surface area contributed by atoms with E-state index >= 15 is 0 Å². The van der Waals surface area contributed by atoms with Crippen molar-refractivity contribution in [3.05, 3.63) is 22.7 Å². The molecule has 1 aromatic carbocycles. The van der Waals surface area contributed by atoms with Crippen molar-refractivity contribution >= 4 is 33.1 Å². The second-order valence-electron chi connectivity index (χ2n) is 3.14. The van der Waals surface area contributed by atoms with Crippen LogP contribution >= 0.6 is 15.9 Å². The summed E-state index contributed by atoms with van der Waals surface area (Å²) in [7, 11) is 0. The van der Waals surface area contributed by atoms with Crippen LogP contribution in [0.2, 0.25) is 0 Å². The zero-order valence-corrected chi connectivity index (χ0v) is 9.81. The molecule has 0 aliphatic heterocycles. The summed E-state index contributed by atoms with van der Waals surface area (Å²) in [6.45, 7) is 0.696. The fraction of sp³-hybridized carbons (Fsp3) is 0.222. The lowest BCUT2D eigenvalue weighted by Crippen LogP contribution is -2.25. The van der Waals surface area contributed by atoms with Crippen LogP contribution in [0.1, 0.15) is 0 Å². The van der Waals surface area contributed by atoms with E-state index in [9.17, 15) is 4.79 Å². The SMILES string of the molecule is O=C(O)NCCn1nc2cccc(Br)c2n1. The lowest BCUT2D eigenvalue weighted by Gasteiger charge is -1.98. The summed E-state index contributed by atoms with van der Waals surface area (Å²) in [6, 6.07) is 5.62. The van der Waals surface area contributed by atoms with E-state index in [0.717, 1.165) is 15.5 Å². The molecule has 0 aliphatic rings. The van der Waals surface area contributed by atoms with Gasteiger partial charge in [-0.2, -0.15) is 15.0 Å². The molecular weight excluding hydrogens is 276 g/mol. The molecule has 0 bridgehead atoms. The lowest BCUT2D eigenvalue weighted by molar-refractivity contribution is 0.193. The van der Waals surface area contributed by atoms with Gasteiger partial charge in [-0.15, -0.1) is 0 Å². The molecule has 0 atom stereocenters. The number of halogens is 1. The summed E-state index contributed by atoms with van der Waals surface area (Å²) in [5, 5.41) is 19.1. The first-order chi connectivity index (χ1) is 7.66. The smallest absolute Gasteiger partial charge is 0.404 e. The molecule has 1 heterocycles. The fourth-order valence-electron chi connectivity index (χ4n) is 1.31. The van der Waals surface area contributed by atoms with Gasteiger partial charge in [0.25, 0.3) is 0 Å². The Balaban J connectivity index is 2.14. The molecule has 16 heavy (non-hydrogen) atoms. The summed E-state index contributed by atoms with van der Waals surface area (Å²) >= 11 is 3.38.